The molecular formula is C18H27NO2. The van der Waals surface area contributed by atoms with Gasteiger partial charge in [0.2, 0.25) is 0 Å². The molecule has 1 aliphatic heterocycles. The van der Waals surface area contributed by atoms with Crippen molar-refractivity contribution in [2.45, 2.75) is 58.5 Å². The van der Waals surface area contributed by atoms with Crippen LogP contribution in [0, 0.1) is 0 Å². The maximum Gasteiger partial charge on any atom is 0.159 e. The number of hydrogen-bond donors (Lipinski definition) is 0. The van der Waals surface area contributed by atoms with Crippen LogP contribution >= 0.6 is 0 Å². The first kappa shape index (κ1) is 16.0. The van der Waals surface area contributed by atoms with E-state index in [9.17, 15) is 4.79 Å². The highest BCUT2D eigenvalue weighted by Crippen LogP contribution is 2.26. The Balaban J connectivity index is 2.23. The van der Waals surface area contributed by atoms with E-state index in [4.69, 9.17) is 4.74 Å². The lowest BCUT2D eigenvalue weighted by Gasteiger charge is -2.29. The molecule has 0 bridgehead atoms. The number of Topliss-reactive ketones (excluding diaryl/α,β-unsaturated/α-hetero) is 1. The van der Waals surface area contributed by atoms with Crippen LogP contribution in [0.5, 0.6) is 5.75 Å². The average molecular weight is 289 g/mol. The lowest BCUT2D eigenvalue weighted by Crippen LogP contribution is -2.34. The zero-order chi connectivity index (χ0) is 15.2. The first-order valence-electron chi connectivity index (χ1n) is 8.07. The van der Waals surface area contributed by atoms with Crippen molar-refractivity contribution >= 4 is 5.78 Å². The Kier molecular flexibility index (Phi) is 5.80. The van der Waals surface area contributed by atoms with Crippen molar-refractivity contribution in [2.24, 2.45) is 0 Å². The van der Waals surface area contributed by atoms with Gasteiger partial charge in [-0.3, -0.25) is 9.69 Å². The van der Waals surface area contributed by atoms with Gasteiger partial charge in [-0.2, -0.15) is 0 Å². The van der Waals surface area contributed by atoms with Crippen LogP contribution in [0.4, 0.5) is 0 Å². The van der Waals surface area contributed by atoms with Gasteiger partial charge in [0.15, 0.2) is 5.78 Å². The lowest BCUT2D eigenvalue weighted by atomic mass is 10.0. The average Bonchev–Trinajstić information content (AvgIpc) is 2.72. The third-order valence-corrected chi connectivity index (χ3v) is 4.53. The zero-order valence-corrected chi connectivity index (χ0v) is 13.5. The van der Waals surface area contributed by atoms with Gasteiger partial charge in [-0.05, 0) is 50.9 Å². The van der Waals surface area contributed by atoms with Crippen LogP contribution in [0.1, 0.15) is 61.9 Å². The number of benzene rings is 1. The summed E-state index contributed by atoms with van der Waals surface area (Å²) in [6, 6.07) is 6.42. The van der Waals surface area contributed by atoms with Crippen LogP contribution in [0.2, 0.25) is 0 Å². The maximum atomic E-state index is 11.6. The van der Waals surface area contributed by atoms with E-state index in [2.05, 4.69) is 11.8 Å². The van der Waals surface area contributed by atoms with Crippen molar-refractivity contribution in [3.8, 4) is 5.75 Å². The second-order valence-electron chi connectivity index (χ2n) is 5.96. The predicted molar refractivity (Wildman–Crippen MR) is 86.0 cm³/mol. The molecule has 0 saturated carbocycles. The molecule has 116 valence electrons. The molecule has 1 aromatic carbocycles. The van der Waals surface area contributed by atoms with Gasteiger partial charge >= 0.3 is 0 Å². The lowest BCUT2D eigenvalue weighted by molar-refractivity contribution is 0.101. The van der Waals surface area contributed by atoms with Crippen molar-refractivity contribution in [1.29, 1.82) is 0 Å². The third-order valence-electron chi connectivity index (χ3n) is 4.53. The Hall–Kier alpha value is -1.35. The summed E-state index contributed by atoms with van der Waals surface area (Å²) in [6.45, 7) is 5.91. The molecule has 0 N–H and O–H groups in total. The van der Waals surface area contributed by atoms with Crippen molar-refractivity contribution in [2.75, 3.05) is 13.7 Å². The van der Waals surface area contributed by atoms with E-state index < -0.39 is 0 Å². The summed E-state index contributed by atoms with van der Waals surface area (Å²) in [5.74, 6) is 1.00. The molecule has 1 aromatic rings. The van der Waals surface area contributed by atoms with Crippen molar-refractivity contribution < 1.29 is 9.53 Å². The minimum atomic E-state index is 0.113. The number of likely N-dealkylation sites (tertiary alicyclic amines) is 1. The number of hydrogen-bond acceptors (Lipinski definition) is 3. The fraction of sp³-hybridized carbons (Fsp3) is 0.611. The van der Waals surface area contributed by atoms with Crippen molar-refractivity contribution in [3.05, 3.63) is 29.3 Å². The van der Waals surface area contributed by atoms with Gasteiger partial charge in [-0.25, -0.2) is 0 Å². The van der Waals surface area contributed by atoms with Gasteiger partial charge in [-0.15, -0.1) is 0 Å². The van der Waals surface area contributed by atoms with Gasteiger partial charge in [0.1, 0.15) is 5.75 Å². The van der Waals surface area contributed by atoms with E-state index in [1.165, 1.54) is 32.1 Å². The monoisotopic (exact) mass is 289 g/mol. The Bertz CT molecular complexity index is 484. The fourth-order valence-electron chi connectivity index (χ4n) is 3.25. The fourth-order valence-corrected chi connectivity index (χ4v) is 3.25. The number of nitrogens with zero attached hydrogens (tertiary/aromatic N) is 1. The number of ketones is 1. The van der Waals surface area contributed by atoms with Gasteiger partial charge < -0.3 is 4.74 Å². The molecule has 2 rings (SSSR count). The van der Waals surface area contributed by atoms with Gasteiger partial charge in [0.25, 0.3) is 0 Å². The molecule has 1 unspecified atom stereocenters. The van der Waals surface area contributed by atoms with Crippen LogP contribution in [0.3, 0.4) is 0 Å². The van der Waals surface area contributed by atoms with Crippen LogP contribution in [-0.4, -0.2) is 30.4 Å². The largest absolute Gasteiger partial charge is 0.496 e. The minimum Gasteiger partial charge on any atom is -0.496 e. The molecular weight excluding hydrogens is 262 g/mol. The standard InChI is InChI=1S/C18H27NO2/c1-4-17-8-6-5-7-11-19(17)13-16-12-15(14(2)20)9-10-18(16)21-3/h9-10,12,17H,4-8,11,13H2,1-3H3. The SMILES string of the molecule is CCC1CCCCCN1Cc1cc(C(C)=O)ccc1OC. The second-order valence-corrected chi connectivity index (χ2v) is 5.96. The summed E-state index contributed by atoms with van der Waals surface area (Å²) in [6.07, 6.45) is 6.41. The van der Waals surface area contributed by atoms with E-state index >= 15 is 0 Å². The molecule has 0 aromatic heterocycles. The summed E-state index contributed by atoms with van der Waals surface area (Å²) < 4.78 is 5.48. The molecule has 0 radical (unpaired) electrons. The number of carbonyl (C=O) groups excluding carboxylic acids is 1. The molecule has 1 fully saturated rings. The molecule has 3 nitrogen and oxygen atoms in total. The van der Waals surface area contributed by atoms with E-state index in [1.54, 1.807) is 14.0 Å². The van der Waals surface area contributed by atoms with Crippen LogP contribution in [-0.2, 0) is 6.54 Å². The predicted octanol–water partition coefficient (Wildman–Crippen LogP) is 4.05. The first-order chi connectivity index (χ1) is 10.2. The molecule has 0 amide bonds. The molecule has 1 aliphatic rings. The highest BCUT2D eigenvalue weighted by molar-refractivity contribution is 5.94. The van der Waals surface area contributed by atoms with Gasteiger partial charge in [-0.1, -0.05) is 19.8 Å². The van der Waals surface area contributed by atoms with E-state index in [0.29, 0.717) is 6.04 Å². The Morgan fingerprint density at radius 2 is 2.14 bits per heavy atom. The minimum absolute atomic E-state index is 0.113. The maximum absolute atomic E-state index is 11.6. The number of carbonyl (C=O) groups is 1. The topological polar surface area (TPSA) is 29.5 Å². The summed E-state index contributed by atoms with van der Waals surface area (Å²) in [4.78, 5) is 14.2. The van der Waals surface area contributed by atoms with E-state index in [-0.39, 0.29) is 5.78 Å². The molecule has 0 spiro atoms. The quantitative estimate of drug-likeness (QED) is 0.766. The Morgan fingerprint density at radius 3 is 2.81 bits per heavy atom. The van der Waals surface area contributed by atoms with Gasteiger partial charge in [0.05, 0.1) is 7.11 Å². The Labute approximate surface area is 128 Å². The molecule has 3 heteroatoms. The van der Waals surface area contributed by atoms with E-state index in [0.717, 1.165) is 30.0 Å². The number of ether oxygens (including phenoxy) is 1. The summed E-state index contributed by atoms with van der Waals surface area (Å²) in [5, 5.41) is 0. The highest BCUT2D eigenvalue weighted by Gasteiger charge is 2.21. The molecule has 0 aliphatic carbocycles. The summed E-state index contributed by atoms with van der Waals surface area (Å²) >= 11 is 0. The first-order valence-corrected chi connectivity index (χ1v) is 8.07. The van der Waals surface area contributed by atoms with Crippen LogP contribution < -0.4 is 4.74 Å². The second kappa shape index (κ2) is 7.60. The van der Waals surface area contributed by atoms with Crippen LogP contribution in [0.25, 0.3) is 0 Å². The zero-order valence-electron chi connectivity index (χ0n) is 13.5. The number of rotatable bonds is 5. The van der Waals surface area contributed by atoms with Crippen LogP contribution in [0.15, 0.2) is 18.2 Å². The van der Waals surface area contributed by atoms with E-state index in [1.807, 2.05) is 18.2 Å². The Morgan fingerprint density at radius 1 is 1.33 bits per heavy atom. The normalized spacial score (nSPS) is 20.0. The van der Waals surface area contributed by atoms with Gasteiger partial charge in [0, 0.05) is 23.7 Å². The highest BCUT2D eigenvalue weighted by atomic mass is 16.5. The molecule has 1 saturated heterocycles. The smallest absolute Gasteiger partial charge is 0.159 e. The third kappa shape index (κ3) is 4.07. The summed E-state index contributed by atoms with van der Waals surface area (Å²) in [5.41, 5.74) is 1.90. The summed E-state index contributed by atoms with van der Waals surface area (Å²) in [7, 11) is 1.70. The molecule has 21 heavy (non-hydrogen) atoms. The number of methoxy groups -OCH3 is 1. The molecule has 1 atom stereocenters. The van der Waals surface area contributed by atoms with Crippen molar-refractivity contribution in [1.82, 2.24) is 4.90 Å². The molecule has 1 heterocycles. The van der Waals surface area contributed by atoms with Crippen molar-refractivity contribution in [3.63, 3.8) is 0 Å².